The maximum Gasteiger partial charge on any atom is 0.323 e. The average Bonchev–Trinajstić information content (AvgIpc) is 3.36. The van der Waals surface area contributed by atoms with E-state index in [2.05, 4.69) is 10.6 Å². The van der Waals surface area contributed by atoms with Gasteiger partial charge in [-0.2, -0.15) is 0 Å². The first kappa shape index (κ1) is 16.9. The summed E-state index contributed by atoms with van der Waals surface area (Å²) < 4.78 is 24.5. The predicted octanol–water partition coefficient (Wildman–Crippen LogP) is 2.58. The number of nitrogens with one attached hydrogen (secondary N) is 2. The zero-order valence-corrected chi connectivity index (χ0v) is 14.9. The number of rotatable bonds is 3. The number of cyclic esters (lactones) is 1. The predicted molar refractivity (Wildman–Crippen MR) is 99.3 cm³/mol. The molecule has 3 aliphatic rings. The molecule has 1 unspecified atom stereocenters. The second-order valence-corrected chi connectivity index (χ2v) is 7.02. The summed E-state index contributed by atoms with van der Waals surface area (Å²) in [5, 5.41) is 5.95. The smallest absolute Gasteiger partial charge is 0.323 e. The normalized spacial score (nSPS) is 22.5. The van der Waals surface area contributed by atoms with Crippen LogP contribution in [0.15, 0.2) is 36.4 Å². The summed E-state index contributed by atoms with van der Waals surface area (Å²) in [7, 11) is 0. The van der Waals surface area contributed by atoms with E-state index in [9.17, 15) is 14.0 Å². The summed E-state index contributed by atoms with van der Waals surface area (Å²) in [6.07, 6.45) is 0.675. The Kier molecular flexibility index (Phi) is 3.91. The molecule has 0 saturated carbocycles. The lowest BCUT2D eigenvalue weighted by Gasteiger charge is -2.09. The van der Waals surface area contributed by atoms with Gasteiger partial charge in [-0.05, 0) is 23.8 Å². The van der Waals surface area contributed by atoms with Gasteiger partial charge in [0.2, 0.25) is 0 Å². The van der Waals surface area contributed by atoms with Crippen molar-refractivity contribution in [2.75, 3.05) is 11.9 Å². The minimum atomic E-state index is -0.404. The van der Waals surface area contributed by atoms with Crippen molar-refractivity contribution in [2.45, 2.75) is 25.6 Å². The highest BCUT2D eigenvalue weighted by molar-refractivity contribution is 6.36. The Bertz CT molecular complexity index is 1050. The zero-order valence-electron chi connectivity index (χ0n) is 14.9. The molecule has 0 bridgehead atoms. The molecule has 28 heavy (non-hydrogen) atoms. The molecule has 3 aliphatic heterocycles. The topological polar surface area (TPSA) is 76.7 Å². The fourth-order valence-corrected chi connectivity index (χ4v) is 3.82. The molecule has 3 heterocycles. The van der Waals surface area contributed by atoms with Crippen LogP contribution in [0.3, 0.4) is 0 Å². The van der Waals surface area contributed by atoms with Crippen LogP contribution in [0.4, 0.5) is 10.1 Å². The maximum absolute atomic E-state index is 13.7. The van der Waals surface area contributed by atoms with Crippen LogP contribution in [0.25, 0.3) is 11.3 Å². The SMILES string of the molecule is O=C1Nc2ccc(F)cc2C1=C1OCc2cc(CNC3CCOC3=O)ccc21. The van der Waals surface area contributed by atoms with E-state index in [4.69, 9.17) is 9.47 Å². The molecular weight excluding hydrogens is 363 g/mol. The lowest BCUT2D eigenvalue weighted by atomic mass is 9.99. The van der Waals surface area contributed by atoms with Gasteiger partial charge in [-0.1, -0.05) is 18.2 Å². The third-order valence-electron chi connectivity index (χ3n) is 5.23. The number of ether oxygens (including phenoxy) is 2. The summed E-state index contributed by atoms with van der Waals surface area (Å²) >= 11 is 0. The van der Waals surface area contributed by atoms with Crippen molar-refractivity contribution in [2.24, 2.45) is 0 Å². The average molecular weight is 380 g/mol. The molecule has 2 aromatic carbocycles. The zero-order chi connectivity index (χ0) is 19.3. The van der Waals surface area contributed by atoms with Crippen LogP contribution in [0, 0.1) is 5.82 Å². The van der Waals surface area contributed by atoms with E-state index in [-0.39, 0.29) is 17.9 Å². The molecule has 1 atom stereocenters. The molecule has 6 nitrogen and oxygen atoms in total. The van der Waals surface area contributed by atoms with Crippen LogP contribution >= 0.6 is 0 Å². The van der Waals surface area contributed by atoms with E-state index in [0.29, 0.717) is 48.8 Å². The van der Waals surface area contributed by atoms with Crippen LogP contribution in [0.5, 0.6) is 0 Å². The molecule has 0 spiro atoms. The van der Waals surface area contributed by atoms with E-state index < -0.39 is 5.82 Å². The fourth-order valence-electron chi connectivity index (χ4n) is 3.82. The van der Waals surface area contributed by atoms with Gasteiger partial charge >= 0.3 is 5.97 Å². The summed E-state index contributed by atoms with van der Waals surface area (Å²) in [6, 6.07) is 9.77. The van der Waals surface area contributed by atoms with Crippen molar-refractivity contribution in [3.05, 3.63) is 64.5 Å². The Morgan fingerprint density at radius 3 is 2.82 bits per heavy atom. The third-order valence-corrected chi connectivity index (χ3v) is 5.23. The van der Waals surface area contributed by atoms with Crippen LogP contribution in [-0.2, 0) is 32.2 Å². The standard InChI is InChI=1S/C21H17FN2O4/c22-13-2-4-16-15(8-13)18(20(25)24-16)19-14-3-1-11(7-12(14)10-28-19)9-23-17-5-6-27-21(17)26/h1-4,7-8,17,23H,5-6,9-10H2,(H,24,25). The van der Waals surface area contributed by atoms with Crippen LogP contribution in [-0.4, -0.2) is 24.5 Å². The van der Waals surface area contributed by atoms with Crippen molar-refractivity contribution in [3.8, 4) is 0 Å². The van der Waals surface area contributed by atoms with E-state index >= 15 is 0 Å². The Balaban J connectivity index is 1.44. The van der Waals surface area contributed by atoms with Gasteiger partial charge in [0, 0.05) is 35.3 Å². The van der Waals surface area contributed by atoms with E-state index in [1.165, 1.54) is 12.1 Å². The number of hydrogen-bond acceptors (Lipinski definition) is 5. The number of anilines is 1. The quantitative estimate of drug-likeness (QED) is 0.632. The molecule has 5 rings (SSSR count). The number of fused-ring (bicyclic) bond motifs is 2. The Morgan fingerprint density at radius 1 is 1.11 bits per heavy atom. The van der Waals surface area contributed by atoms with E-state index in [0.717, 1.165) is 16.7 Å². The Hall–Kier alpha value is -3.19. The second-order valence-electron chi connectivity index (χ2n) is 7.02. The molecule has 0 aromatic heterocycles. The van der Waals surface area contributed by atoms with Gasteiger partial charge in [0.25, 0.3) is 5.91 Å². The van der Waals surface area contributed by atoms with E-state index in [1.807, 2.05) is 18.2 Å². The molecule has 1 amide bonds. The number of carbonyl (C=O) groups excluding carboxylic acids is 2. The van der Waals surface area contributed by atoms with Gasteiger partial charge in [-0.3, -0.25) is 9.59 Å². The molecule has 2 N–H and O–H groups in total. The highest BCUT2D eigenvalue weighted by atomic mass is 19.1. The third kappa shape index (κ3) is 2.75. The summed E-state index contributed by atoms with van der Waals surface area (Å²) in [5.74, 6) is -0.447. The second kappa shape index (κ2) is 6.45. The largest absolute Gasteiger partial charge is 0.487 e. The number of carbonyl (C=O) groups is 2. The number of esters is 1. The first-order chi connectivity index (χ1) is 13.6. The van der Waals surface area contributed by atoms with Crippen molar-refractivity contribution >= 4 is 28.9 Å². The van der Waals surface area contributed by atoms with Gasteiger partial charge in [0.15, 0.2) is 0 Å². The molecule has 1 fully saturated rings. The number of hydrogen-bond donors (Lipinski definition) is 2. The molecule has 0 aliphatic carbocycles. The van der Waals surface area contributed by atoms with E-state index in [1.54, 1.807) is 6.07 Å². The number of benzene rings is 2. The highest BCUT2D eigenvalue weighted by Gasteiger charge is 2.33. The molecule has 142 valence electrons. The molecule has 7 heteroatoms. The summed E-state index contributed by atoms with van der Waals surface area (Å²) in [5.41, 5.74) is 4.23. The Labute approximate surface area is 160 Å². The molecule has 1 saturated heterocycles. The lowest BCUT2D eigenvalue weighted by molar-refractivity contribution is -0.139. The van der Waals surface area contributed by atoms with Crippen molar-refractivity contribution in [3.63, 3.8) is 0 Å². The molecule has 2 aromatic rings. The van der Waals surface area contributed by atoms with Gasteiger partial charge in [-0.25, -0.2) is 4.39 Å². The minimum Gasteiger partial charge on any atom is -0.487 e. The Morgan fingerprint density at radius 2 is 2.00 bits per heavy atom. The molecule has 0 radical (unpaired) electrons. The van der Waals surface area contributed by atoms with Gasteiger partial charge < -0.3 is 20.1 Å². The monoisotopic (exact) mass is 380 g/mol. The van der Waals surface area contributed by atoms with Crippen molar-refractivity contribution in [1.82, 2.24) is 5.32 Å². The van der Waals surface area contributed by atoms with Gasteiger partial charge in [-0.15, -0.1) is 0 Å². The van der Waals surface area contributed by atoms with Crippen LogP contribution in [0.2, 0.25) is 0 Å². The first-order valence-corrected chi connectivity index (χ1v) is 9.11. The number of halogens is 1. The van der Waals surface area contributed by atoms with Gasteiger partial charge in [0.1, 0.15) is 24.2 Å². The summed E-state index contributed by atoms with van der Waals surface area (Å²) in [6.45, 7) is 1.33. The maximum atomic E-state index is 13.7. The lowest BCUT2D eigenvalue weighted by Crippen LogP contribution is -2.32. The number of amides is 1. The van der Waals surface area contributed by atoms with Crippen molar-refractivity contribution < 1.29 is 23.5 Å². The van der Waals surface area contributed by atoms with Crippen LogP contribution < -0.4 is 10.6 Å². The fraction of sp³-hybridized carbons (Fsp3) is 0.238. The van der Waals surface area contributed by atoms with Crippen molar-refractivity contribution in [1.29, 1.82) is 0 Å². The summed E-state index contributed by atoms with van der Waals surface area (Å²) in [4.78, 5) is 24.0. The highest BCUT2D eigenvalue weighted by Crippen LogP contribution is 2.41. The van der Waals surface area contributed by atoms with Crippen LogP contribution in [0.1, 0.15) is 28.7 Å². The molecular formula is C21H17FN2O4. The first-order valence-electron chi connectivity index (χ1n) is 9.11. The van der Waals surface area contributed by atoms with Gasteiger partial charge in [0.05, 0.1) is 12.2 Å². The minimum absolute atomic E-state index is 0.213.